The van der Waals surface area contributed by atoms with Gasteiger partial charge < -0.3 is 10.5 Å². The third kappa shape index (κ3) is 2.10. The van der Waals surface area contributed by atoms with E-state index < -0.39 is 18.1 Å². The molecule has 0 amide bonds. The van der Waals surface area contributed by atoms with Crippen LogP contribution in [0.1, 0.15) is 5.56 Å². The number of hydrogen-bond acceptors (Lipinski definition) is 3. The highest BCUT2D eigenvalue weighted by Crippen LogP contribution is 2.31. The summed E-state index contributed by atoms with van der Waals surface area (Å²) < 4.78 is 18.5. The number of carbonyl (C=O) groups excluding carboxylic acids is 1. The molecular formula is C11H13BrFNO2. The molecule has 0 radical (unpaired) electrons. The number of ether oxygens (including phenoxy) is 1. The summed E-state index contributed by atoms with van der Waals surface area (Å²) in [5.41, 5.74) is 4.62. The predicted molar refractivity (Wildman–Crippen MR) is 62.9 cm³/mol. The van der Waals surface area contributed by atoms with Crippen LogP contribution in [0.25, 0.3) is 0 Å². The second-order valence-corrected chi connectivity index (χ2v) is 4.25. The Morgan fingerprint density at radius 2 is 2.19 bits per heavy atom. The molecule has 1 aromatic carbocycles. The number of methoxy groups -OCH3 is 1. The highest BCUT2D eigenvalue weighted by atomic mass is 79.9. The fourth-order valence-electron chi connectivity index (χ4n) is 1.53. The van der Waals surface area contributed by atoms with Crippen LogP contribution in [0.2, 0.25) is 0 Å². The summed E-state index contributed by atoms with van der Waals surface area (Å²) in [6, 6.07) is 6.90. The maximum Gasteiger partial charge on any atom is 0.320 e. The summed E-state index contributed by atoms with van der Waals surface area (Å²) >= 11 is 3.28. The van der Waals surface area contributed by atoms with Crippen LogP contribution in [0.4, 0.5) is 4.39 Å². The largest absolute Gasteiger partial charge is 0.468 e. The lowest BCUT2D eigenvalue weighted by Crippen LogP contribution is -2.46. The van der Waals surface area contributed by atoms with E-state index in [1.807, 2.05) is 0 Å². The number of esters is 1. The van der Waals surface area contributed by atoms with Crippen molar-refractivity contribution in [2.45, 2.75) is 5.41 Å². The summed E-state index contributed by atoms with van der Waals surface area (Å²) in [5, 5.41) is 0. The molecule has 2 N–H and O–H groups in total. The second kappa shape index (κ2) is 5.41. The lowest BCUT2D eigenvalue weighted by atomic mass is 9.82. The molecule has 0 saturated carbocycles. The summed E-state index contributed by atoms with van der Waals surface area (Å²) in [5.74, 6) is -0.663. The van der Waals surface area contributed by atoms with Crippen LogP contribution in [0.15, 0.2) is 28.7 Å². The van der Waals surface area contributed by atoms with Crippen LogP contribution >= 0.6 is 15.9 Å². The first kappa shape index (κ1) is 13.1. The van der Waals surface area contributed by atoms with E-state index in [0.29, 0.717) is 10.0 Å². The summed E-state index contributed by atoms with van der Waals surface area (Å²) in [4.78, 5) is 11.7. The Balaban J connectivity index is 3.32. The Labute approximate surface area is 102 Å². The van der Waals surface area contributed by atoms with E-state index in [1.54, 1.807) is 24.3 Å². The van der Waals surface area contributed by atoms with Crippen molar-refractivity contribution in [3.63, 3.8) is 0 Å². The van der Waals surface area contributed by atoms with Gasteiger partial charge in [-0.15, -0.1) is 0 Å². The first-order valence-electron chi connectivity index (χ1n) is 4.72. The Morgan fingerprint density at radius 3 is 2.62 bits per heavy atom. The lowest BCUT2D eigenvalue weighted by molar-refractivity contribution is -0.148. The maximum absolute atomic E-state index is 13.2. The molecule has 1 rings (SSSR count). The Bertz CT molecular complexity index is 380. The van der Waals surface area contributed by atoms with E-state index in [2.05, 4.69) is 20.7 Å². The van der Waals surface area contributed by atoms with Crippen molar-refractivity contribution in [1.82, 2.24) is 0 Å². The van der Waals surface area contributed by atoms with Crippen LogP contribution in [0.5, 0.6) is 0 Å². The van der Waals surface area contributed by atoms with Gasteiger partial charge in [-0.25, -0.2) is 4.39 Å². The van der Waals surface area contributed by atoms with Crippen molar-refractivity contribution in [2.24, 2.45) is 5.73 Å². The van der Waals surface area contributed by atoms with E-state index in [-0.39, 0.29) is 6.54 Å². The Hall–Kier alpha value is -0.940. The molecule has 0 fully saturated rings. The van der Waals surface area contributed by atoms with Crippen molar-refractivity contribution in [3.05, 3.63) is 34.3 Å². The quantitative estimate of drug-likeness (QED) is 0.860. The minimum Gasteiger partial charge on any atom is -0.468 e. The molecule has 1 aromatic rings. The molecule has 16 heavy (non-hydrogen) atoms. The van der Waals surface area contributed by atoms with Crippen molar-refractivity contribution < 1.29 is 13.9 Å². The van der Waals surface area contributed by atoms with Gasteiger partial charge in [0.1, 0.15) is 12.1 Å². The summed E-state index contributed by atoms with van der Waals surface area (Å²) in [6.07, 6.45) is 0. The van der Waals surface area contributed by atoms with Crippen molar-refractivity contribution in [3.8, 4) is 0 Å². The third-order valence-corrected chi connectivity index (χ3v) is 3.23. The van der Waals surface area contributed by atoms with Crippen LogP contribution in [-0.4, -0.2) is 26.3 Å². The number of alkyl halides is 1. The third-order valence-electron chi connectivity index (χ3n) is 2.54. The molecule has 1 unspecified atom stereocenters. The molecule has 0 aliphatic rings. The molecule has 88 valence electrons. The highest BCUT2D eigenvalue weighted by molar-refractivity contribution is 9.10. The second-order valence-electron chi connectivity index (χ2n) is 3.39. The molecule has 3 nitrogen and oxygen atoms in total. The van der Waals surface area contributed by atoms with Gasteiger partial charge in [-0.1, -0.05) is 34.1 Å². The minimum absolute atomic E-state index is 0.140. The molecule has 1 atom stereocenters. The van der Waals surface area contributed by atoms with Crippen LogP contribution < -0.4 is 5.73 Å². The van der Waals surface area contributed by atoms with E-state index >= 15 is 0 Å². The van der Waals surface area contributed by atoms with Gasteiger partial charge in [-0.05, 0) is 11.6 Å². The van der Waals surface area contributed by atoms with Gasteiger partial charge in [0.05, 0.1) is 7.11 Å². The van der Waals surface area contributed by atoms with Crippen LogP contribution in [0.3, 0.4) is 0 Å². The van der Waals surface area contributed by atoms with Gasteiger partial charge in [-0.3, -0.25) is 4.79 Å². The summed E-state index contributed by atoms with van der Waals surface area (Å²) in [6.45, 7) is -1.03. The zero-order chi connectivity index (χ0) is 12.2. The molecule has 0 saturated heterocycles. The van der Waals surface area contributed by atoms with Crippen LogP contribution in [0, 0.1) is 0 Å². The van der Waals surface area contributed by atoms with Crippen molar-refractivity contribution in [1.29, 1.82) is 0 Å². The molecule has 0 aliphatic heterocycles. The van der Waals surface area contributed by atoms with Gasteiger partial charge in [0.15, 0.2) is 0 Å². The predicted octanol–water partition coefficient (Wildman–Crippen LogP) is 1.79. The van der Waals surface area contributed by atoms with Gasteiger partial charge in [0.25, 0.3) is 0 Å². The molecule has 0 bridgehead atoms. The zero-order valence-electron chi connectivity index (χ0n) is 8.87. The van der Waals surface area contributed by atoms with Gasteiger partial charge in [0, 0.05) is 11.0 Å². The maximum atomic E-state index is 13.2. The molecule has 0 heterocycles. The fraction of sp³-hybridized carbons (Fsp3) is 0.364. The topological polar surface area (TPSA) is 52.3 Å². The fourth-order valence-corrected chi connectivity index (χ4v) is 2.19. The van der Waals surface area contributed by atoms with Crippen molar-refractivity contribution in [2.75, 3.05) is 20.3 Å². The first-order valence-corrected chi connectivity index (χ1v) is 5.51. The van der Waals surface area contributed by atoms with E-state index in [0.717, 1.165) is 0 Å². The number of nitrogens with two attached hydrogens (primary N) is 1. The van der Waals surface area contributed by atoms with Gasteiger partial charge in [-0.2, -0.15) is 0 Å². The molecule has 0 aliphatic carbocycles. The number of hydrogen-bond donors (Lipinski definition) is 1. The molecule has 0 aromatic heterocycles. The standard InChI is InChI=1S/C11H13BrFNO2/c1-16-10(15)11(6-13,7-14)8-4-2-3-5-9(8)12/h2-5H,6-7,14H2,1H3. The normalized spacial score (nSPS) is 14.2. The Kier molecular flexibility index (Phi) is 4.44. The first-order chi connectivity index (χ1) is 7.62. The number of rotatable bonds is 4. The van der Waals surface area contributed by atoms with E-state index in [9.17, 15) is 9.18 Å². The Morgan fingerprint density at radius 1 is 1.56 bits per heavy atom. The molecule has 0 spiro atoms. The van der Waals surface area contributed by atoms with Crippen LogP contribution in [-0.2, 0) is 14.9 Å². The van der Waals surface area contributed by atoms with E-state index in [1.165, 1.54) is 7.11 Å². The van der Waals surface area contributed by atoms with E-state index in [4.69, 9.17) is 5.73 Å². The lowest BCUT2D eigenvalue weighted by Gasteiger charge is -2.27. The van der Waals surface area contributed by atoms with Gasteiger partial charge in [0.2, 0.25) is 0 Å². The van der Waals surface area contributed by atoms with Gasteiger partial charge >= 0.3 is 5.97 Å². The SMILES string of the molecule is COC(=O)C(CN)(CF)c1ccccc1Br. The number of halogens is 2. The van der Waals surface area contributed by atoms with Crippen molar-refractivity contribution >= 4 is 21.9 Å². The molecular weight excluding hydrogens is 277 g/mol. The highest BCUT2D eigenvalue weighted by Gasteiger charge is 2.41. The number of carbonyl (C=O) groups is 1. The number of benzene rings is 1. The minimum atomic E-state index is -1.42. The average Bonchev–Trinajstić information content (AvgIpc) is 2.33. The average molecular weight is 290 g/mol. The smallest absolute Gasteiger partial charge is 0.320 e. The summed E-state index contributed by atoms with van der Waals surface area (Å²) in [7, 11) is 1.22. The monoisotopic (exact) mass is 289 g/mol. The zero-order valence-corrected chi connectivity index (χ0v) is 10.5. The molecule has 5 heteroatoms.